The minimum Gasteiger partial charge on any atom is -0.458 e. The molecule has 1 saturated carbocycles. The SMILES string of the molecule is CC(C)OP(=O)(CCc1ccc2nc(C3CC3)c(/C=C/[C@@H]3C[C@@H](O)CC(=O)O3)c(-c3ccc(F)cc3)c2c1)OC(C)C. The summed E-state index contributed by atoms with van der Waals surface area (Å²) in [5.41, 5.74) is 5.35. The molecule has 9 heteroatoms. The van der Waals surface area contributed by atoms with Crippen LogP contribution in [-0.2, 0) is 29.6 Å². The third kappa shape index (κ3) is 7.54. The Labute approximate surface area is 246 Å². The quantitative estimate of drug-likeness (QED) is 0.180. The van der Waals surface area contributed by atoms with Gasteiger partial charge in [-0.3, -0.25) is 14.3 Å². The van der Waals surface area contributed by atoms with E-state index in [0.717, 1.165) is 51.7 Å². The van der Waals surface area contributed by atoms with Crippen molar-refractivity contribution in [3.63, 3.8) is 0 Å². The summed E-state index contributed by atoms with van der Waals surface area (Å²) in [6, 6.07) is 12.4. The van der Waals surface area contributed by atoms with Crippen LogP contribution in [0.15, 0.2) is 48.5 Å². The van der Waals surface area contributed by atoms with Gasteiger partial charge in [-0.25, -0.2) is 4.39 Å². The van der Waals surface area contributed by atoms with Crippen molar-refractivity contribution in [3.05, 3.63) is 71.2 Å². The number of nitrogens with zero attached hydrogens (tertiary/aromatic N) is 1. The molecular formula is C33H39FNO6P. The number of hydrogen-bond donors (Lipinski definition) is 1. The molecule has 1 aromatic heterocycles. The van der Waals surface area contributed by atoms with Crippen LogP contribution in [0.1, 0.15) is 76.1 Å². The highest BCUT2D eigenvalue weighted by molar-refractivity contribution is 7.53. The van der Waals surface area contributed by atoms with Gasteiger partial charge in [0.1, 0.15) is 11.9 Å². The predicted molar refractivity (Wildman–Crippen MR) is 162 cm³/mol. The second-order valence-corrected chi connectivity index (χ2v) is 13.9. The Balaban J connectivity index is 1.59. The van der Waals surface area contributed by atoms with Gasteiger partial charge in [0.15, 0.2) is 0 Å². The van der Waals surface area contributed by atoms with Crippen LogP contribution < -0.4 is 0 Å². The van der Waals surface area contributed by atoms with E-state index in [1.807, 2.05) is 52.0 Å². The Bertz CT molecular complexity index is 1500. The molecule has 0 unspecified atom stereocenters. The molecule has 0 spiro atoms. The lowest BCUT2D eigenvalue weighted by Crippen LogP contribution is -2.31. The molecule has 2 fully saturated rings. The predicted octanol–water partition coefficient (Wildman–Crippen LogP) is 7.58. The van der Waals surface area contributed by atoms with Gasteiger partial charge in [0.05, 0.1) is 42.1 Å². The number of aromatic nitrogens is 1. The molecule has 0 amide bonds. The Hall–Kier alpha value is -2.90. The largest absolute Gasteiger partial charge is 0.458 e. The minimum atomic E-state index is -3.32. The lowest BCUT2D eigenvalue weighted by Gasteiger charge is -2.24. The zero-order valence-electron chi connectivity index (χ0n) is 24.6. The van der Waals surface area contributed by atoms with Crippen molar-refractivity contribution in [2.45, 2.75) is 90.1 Å². The Morgan fingerprint density at radius 3 is 2.40 bits per heavy atom. The average Bonchev–Trinajstić information content (AvgIpc) is 3.75. The number of carbonyl (C=O) groups is 1. The van der Waals surface area contributed by atoms with Crippen LogP contribution in [0.2, 0.25) is 0 Å². The number of ether oxygens (including phenoxy) is 1. The van der Waals surface area contributed by atoms with Crippen molar-refractivity contribution in [1.82, 2.24) is 4.98 Å². The highest BCUT2D eigenvalue weighted by Gasteiger charge is 2.31. The normalized spacial score (nSPS) is 19.8. The first-order valence-electron chi connectivity index (χ1n) is 14.7. The van der Waals surface area contributed by atoms with E-state index in [0.29, 0.717) is 18.8 Å². The molecule has 0 bridgehead atoms. The number of cyclic esters (lactones) is 1. The molecule has 42 heavy (non-hydrogen) atoms. The number of aliphatic hydroxyl groups is 1. The van der Waals surface area contributed by atoms with E-state index < -0.39 is 25.8 Å². The van der Waals surface area contributed by atoms with Crippen LogP contribution in [-0.4, -0.2) is 46.6 Å². The van der Waals surface area contributed by atoms with Crippen molar-refractivity contribution in [2.75, 3.05) is 6.16 Å². The molecule has 2 atom stereocenters. The van der Waals surface area contributed by atoms with E-state index in [2.05, 4.69) is 6.07 Å². The number of hydrogen-bond acceptors (Lipinski definition) is 7. The van der Waals surface area contributed by atoms with Crippen LogP contribution in [0.5, 0.6) is 0 Å². The molecule has 1 aliphatic carbocycles. The van der Waals surface area contributed by atoms with Crippen molar-refractivity contribution in [1.29, 1.82) is 0 Å². The summed E-state index contributed by atoms with van der Waals surface area (Å²) in [5.74, 6) is -0.447. The third-order valence-corrected chi connectivity index (χ3v) is 9.55. The fraction of sp³-hybridized carbons (Fsp3) is 0.455. The molecule has 1 N–H and O–H groups in total. The van der Waals surface area contributed by atoms with E-state index in [1.165, 1.54) is 12.1 Å². The van der Waals surface area contributed by atoms with E-state index in [9.17, 15) is 18.9 Å². The lowest BCUT2D eigenvalue weighted by atomic mass is 9.91. The molecule has 2 aromatic carbocycles. The lowest BCUT2D eigenvalue weighted by molar-refractivity contribution is -0.156. The van der Waals surface area contributed by atoms with Crippen molar-refractivity contribution < 1.29 is 32.6 Å². The average molecular weight is 596 g/mol. The van der Waals surface area contributed by atoms with E-state index in [1.54, 1.807) is 12.1 Å². The van der Waals surface area contributed by atoms with Crippen molar-refractivity contribution in [3.8, 4) is 11.1 Å². The van der Waals surface area contributed by atoms with Crippen LogP contribution in [0.25, 0.3) is 28.1 Å². The highest BCUT2D eigenvalue weighted by atomic mass is 31.2. The molecule has 5 rings (SSSR count). The number of aliphatic hydroxyl groups excluding tert-OH is 1. The number of rotatable bonds is 11. The minimum absolute atomic E-state index is 0.00382. The maximum atomic E-state index is 14.0. The summed E-state index contributed by atoms with van der Waals surface area (Å²) in [4.78, 5) is 17.0. The van der Waals surface area contributed by atoms with E-state index in [4.69, 9.17) is 18.8 Å². The molecule has 2 heterocycles. The molecule has 0 radical (unpaired) electrons. The number of esters is 1. The number of aryl methyl sites for hydroxylation is 1. The summed E-state index contributed by atoms with van der Waals surface area (Å²) in [7, 11) is -3.32. The number of benzene rings is 2. The Morgan fingerprint density at radius 1 is 1.10 bits per heavy atom. The standard InChI is InChI=1S/C33H39FNO6P/c1-20(2)40-42(38,41-21(3)4)16-15-22-5-14-30-29(17-22)32(23-8-10-25(34)11-9-23)28(33(35-30)24-6-7-24)13-12-27-18-26(36)19-31(37)39-27/h5,8-14,17,20-21,24,26-27,36H,6-7,15-16,18-19H2,1-4H3/b13-12+/t26-,27-/m1/s1. The van der Waals surface area contributed by atoms with Crippen LogP contribution in [0.4, 0.5) is 4.39 Å². The number of halogens is 1. The number of fused-ring (bicyclic) bond motifs is 1. The van der Waals surface area contributed by atoms with Gasteiger partial charge in [0, 0.05) is 28.9 Å². The molecule has 7 nitrogen and oxygen atoms in total. The van der Waals surface area contributed by atoms with E-state index in [-0.39, 0.29) is 30.6 Å². The first kappa shape index (κ1) is 30.6. The zero-order valence-corrected chi connectivity index (χ0v) is 25.5. The summed E-state index contributed by atoms with van der Waals surface area (Å²) >= 11 is 0. The fourth-order valence-corrected chi connectivity index (χ4v) is 7.51. The third-order valence-electron chi connectivity index (χ3n) is 7.30. The van der Waals surface area contributed by atoms with Gasteiger partial charge < -0.3 is 18.9 Å². The van der Waals surface area contributed by atoms with Gasteiger partial charge >= 0.3 is 13.6 Å². The van der Waals surface area contributed by atoms with Crippen LogP contribution >= 0.6 is 7.60 Å². The second kappa shape index (κ2) is 12.8. The summed E-state index contributed by atoms with van der Waals surface area (Å²) in [6.07, 6.45) is 5.07. The van der Waals surface area contributed by atoms with Crippen LogP contribution in [0, 0.1) is 5.82 Å². The second-order valence-electron chi connectivity index (χ2n) is 11.8. The molecular weight excluding hydrogens is 556 g/mol. The van der Waals surface area contributed by atoms with E-state index >= 15 is 0 Å². The molecule has 224 valence electrons. The van der Waals surface area contributed by atoms with Crippen LogP contribution in [0.3, 0.4) is 0 Å². The topological polar surface area (TPSA) is 95.0 Å². The van der Waals surface area contributed by atoms with Gasteiger partial charge in [0.25, 0.3) is 0 Å². The number of carbonyl (C=O) groups excluding carboxylic acids is 1. The maximum Gasteiger partial charge on any atom is 0.331 e. The van der Waals surface area contributed by atoms with Crippen molar-refractivity contribution >= 4 is 30.5 Å². The summed E-state index contributed by atoms with van der Waals surface area (Å²) in [5, 5.41) is 11.0. The van der Waals surface area contributed by atoms with Gasteiger partial charge in [-0.1, -0.05) is 24.3 Å². The van der Waals surface area contributed by atoms with Gasteiger partial charge in [-0.2, -0.15) is 0 Å². The first-order valence-corrected chi connectivity index (χ1v) is 16.5. The molecule has 3 aromatic rings. The monoisotopic (exact) mass is 595 g/mol. The fourth-order valence-electron chi connectivity index (χ4n) is 5.43. The van der Waals surface area contributed by atoms with Gasteiger partial charge in [-0.15, -0.1) is 0 Å². The first-order chi connectivity index (χ1) is 20.0. The van der Waals surface area contributed by atoms with Gasteiger partial charge in [0.2, 0.25) is 0 Å². The molecule has 2 aliphatic rings. The molecule has 1 aliphatic heterocycles. The van der Waals surface area contributed by atoms with Crippen molar-refractivity contribution in [2.24, 2.45) is 0 Å². The Kier molecular flexibility index (Phi) is 9.28. The highest BCUT2D eigenvalue weighted by Crippen LogP contribution is 2.51. The summed E-state index contributed by atoms with van der Waals surface area (Å²) in [6.45, 7) is 7.37. The number of pyridine rings is 1. The Morgan fingerprint density at radius 2 is 1.79 bits per heavy atom. The molecule has 1 saturated heterocycles. The maximum absolute atomic E-state index is 14.0. The van der Waals surface area contributed by atoms with Gasteiger partial charge in [-0.05, 0) is 88.4 Å². The zero-order chi connectivity index (χ0) is 30.0. The smallest absolute Gasteiger partial charge is 0.331 e. The summed E-state index contributed by atoms with van der Waals surface area (Å²) < 4.78 is 44.5.